The highest BCUT2D eigenvalue weighted by atomic mass is 32.2. The molecule has 1 aromatic carbocycles. The van der Waals surface area contributed by atoms with E-state index in [1.54, 1.807) is 13.0 Å². The van der Waals surface area contributed by atoms with Crippen LogP contribution in [-0.2, 0) is 4.74 Å². The third-order valence-electron chi connectivity index (χ3n) is 3.52. The molecule has 1 fully saturated rings. The number of thioether (sulfide) groups is 1. The number of nitrogens with one attached hydrogen (secondary N) is 1. The van der Waals surface area contributed by atoms with Crippen LogP contribution in [0.4, 0.5) is 11.4 Å². The molecule has 4 nitrogen and oxygen atoms in total. The number of carbonyl (C=O) groups excluding carboxylic acids is 1. The lowest BCUT2D eigenvalue weighted by Crippen LogP contribution is -2.20. The van der Waals surface area contributed by atoms with Crippen LogP contribution < -0.4 is 11.1 Å². The van der Waals surface area contributed by atoms with Crippen LogP contribution in [-0.4, -0.2) is 30.6 Å². The van der Waals surface area contributed by atoms with E-state index >= 15 is 0 Å². The summed E-state index contributed by atoms with van der Waals surface area (Å²) in [5.74, 6) is 2.82. The number of esters is 1. The second-order valence-electron chi connectivity index (χ2n) is 4.92. The molecular weight excluding hydrogens is 272 g/mol. The first-order chi connectivity index (χ1) is 9.72. The highest BCUT2D eigenvalue weighted by Gasteiger charge is 2.16. The second-order valence-corrected chi connectivity index (χ2v) is 6.15. The van der Waals surface area contributed by atoms with Crippen molar-refractivity contribution < 1.29 is 9.53 Å². The Morgan fingerprint density at radius 1 is 1.45 bits per heavy atom. The molecule has 1 aliphatic rings. The number of benzene rings is 1. The highest BCUT2D eigenvalue weighted by Crippen LogP contribution is 2.26. The van der Waals surface area contributed by atoms with Crippen LogP contribution in [0.5, 0.6) is 0 Å². The molecule has 1 aromatic rings. The molecule has 0 saturated carbocycles. The Morgan fingerprint density at radius 2 is 2.20 bits per heavy atom. The van der Waals surface area contributed by atoms with Gasteiger partial charge in [-0.05, 0) is 49.3 Å². The first-order valence-electron chi connectivity index (χ1n) is 7.09. The van der Waals surface area contributed by atoms with E-state index in [2.05, 4.69) is 5.32 Å². The molecule has 5 heteroatoms. The zero-order chi connectivity index (χ0) is 14.4. The van der Waals surface area contributed by atoms with Gasteiger partial charge < -0.3 is 15.8 Å². The lowest BCUT2D eigenvalue weighted by Gasteiger charge is -2.22. The quantitative estimate of drug-likeness (QED) is 0.645. The van der Waals surface area contributed by atoms with Crippen molar-refractivity contribution in [1.29, 1.82) is 0 Å². The van der Waals surface area contributed by atoms with Crippen molar-refractivity contribution in [2.75, 3.05) is 35.7 Å². The van der Waals surface area contributed by atoms with Gasteiger partial charge in [-0.15, -0.1) is 0 Å². The Hall–Kier alpha value is -1.36. The summed E-state index contributed by atoms with van der Waals surface area (Å²) >= 11 is 2.02. The third kappa shape index (κ3) is 3.82. The largest absolute Gasteiger partial charge is 0.462 e. The number of nitrogen functional groups attached to an aromatic ring is 1. The summed E-state index contributed by atoms with van der Waals surface area (Å²) in [6.45, 7) is 3.06. The molecule has 2 rings (SSSR count). The maximum absolute atomic E-state index is 11.8. The summed E-state index contributed by atoms with van der Waals surface area (Å²) in [7, 11) is 0. The number of carbonyl (C=O) groups is 1. The molecule has 1 heterocycles. The number of hydrogen-bond donors (Lipinski definition) is 2. The van der Waals surface area contributed by atoms with Crippen LogP contribution in [0.1, 0.15) is 30.1 Å². The van der Waals surface area contributed by atoms with Crippen LogP contribution in [0.15, 0.2) is 18.2 Å². The molecule has 0 radical (unpaired) electrons. The Morgan fingerprint density at radius 3 is 2.90 bits per heavy atom. The lowest BCUT2D eigenvalue weighted by molar-refractivity contribution is 0.0527. The number of ether oxygens (including phenoxy) is 1. The predicted octanol–water partition coefficient (Wildman–Crippen LogP) is 3.00. The molecule has 0 amide bonds. The summed E-state index contributed by atoms with van der Waals surface area (Å²) < 4.78 is 5.01. The highest BCUT2D eigenvalue weighted by molar-refractivity contribution is 7.99. The van der Waals surface area contributed by atoms with Crippen LogP contribution in [0.2, 0.25) is 0 Å². The Labute approximate surface area is 124 Å². The Kier molecular flexibility index (Phi) is 5.59. The molecule has 0 bridgehead atoms. The smallest absolute Gasteiger partial charge is 0.340 e. The summed E-state index contributed by atoms with van der Waals surface area (Å²) in [4.78, 5) is 11.8. The van der Waals surface area contributed by atoms with E-state index in [-0.39, 0.29) is 5.97 Å². The molecule has 0 aliphatic carbocycles. The predicted molar refractivity (Wildman–Crippen MR) is 85.3 cm³/mol. The van der Waals surface area contributed by atoms with Crippen molar-refractivity contribution in [2.45, 2.75) is 19.8 Å². The first-order valence-corrected chi connectivity index (χ1v) is 8.25. The number of rotatable bonds is 5. The number of anilines is 2. The average molecular weight is 294 g/mol. The second kappa shape index (κ2) is 7.43. The van der Waals surface area contributed by atoms with Gasteiger partial charge in [-0.25, -0.2) is 4.79 Å². The SMILES string of the molecule is CCOC(=O)c1cccc(NCC2CCSCC2)c1N. The summed E-state index contributed by atoms with van der Waals surface area (Å²) in [6, 6.07) is 5.45. The average Bonchev–Trinajstić information content (AvgIpc) is 2.47. The number of hydrogen-bond acceptors (Lipinski definition) is 5. The molecule has 0 unspecified atom stereocenters. The molecular formula is C15H22N2O2S. The molecule has 110 valence electrons. The van der Waals surface area contributed by atoms with Crippen molar-refractivity contribution in [3.63, 3.8) is 0 Å². The van der Waals surface area contributed by atoms with Gasteiger partial charge in [0.15, 0.2) is 0 Å². The van der Waals surface area contributed by atoms with Gasteiger partial charge in [0.05, 0.1) is 23.5 Å². The van der Waals surface area contributed by atoms with Gasteiger partial charge in [0.2, 0.25) is 0 Å². The lowest BCUT2D eigenvalue weighted by atomic mass is 10.0. The monoisotopic (exact) mass is 294 g/mol. The first kappa shape index (κ1) is 15.0. The minimum absolute atomic E-state index is 0.357. The fourth-order valence-electron chi connectivity index (χ4n) is 2.31. The van der Waals surface area contributed by atoms with Crippen molar-refractivity contribution >= 4 is 29.1 Å². The normalized spacial score (nSPS) is 15.8. The van der Waals surface area contributed by atoms with Crippen molar-refractivity contribution in [1.82, 2.24) is 0 Å². The summed E-state index contributed by atoms with van der Waals surface area (Å²) in [5, 5.41) is 3.38. The van der Waals surface area contributed by atoms with Crippen molar-refractivity contribution in [3.8, 4) is 0 Å². The fourth-order valence-corrected chi connectivity index (χ4v) is 3.52. The Balaban J connectivity index is 2.00. The van der Waals surface area contributed by atoms with E-state index in [9.17, 15) is 4.79 Å². The van der Waals surface area contributed by atoms with E-state index < -0.39 is 0 Å². The summed E-state index contributed by atoms with van der Waals surface area (Å²) in [5.41, 5.74) is 7.81. The Bertz CT molecular complexity index is 459. The topological polar surface area (TPSA) is 64.3 Å². The maximum atomic E-state index is 11.8. The van der Waals surface area contributed by atoms with E-state index in [1.165, 1.54) is 24.3 Å². The number of nitrogens with two attached hydrogens (primary N) is 1. The zero-order valence-electron chi connectivity index (χ0n) is 11.9. The van der Waals surface area contributed by atoms with Gasteiger partial charge in [-0.3, -0.25) is 0 Å². The molecule has 1 aliphatic heterocycles. The summed E-state index contributed by atoms with van der Waals surface area (Å²) in [6.07, 6.45) is 2.49. The van der Waals surface area contributed by atoms with E-state index in [4.69, 9.17) is 10.5 Å². The van der Waals surface area contributed by atoms with Crippen LogP contribution in [0.25, 0.3) is 0 Å². The van der Waals surface area contributed by atoms with Gasteiger partial charge in [0, 0.05) is 6.54 Å². The van der Waals surface area contributed by atoms with Gasteiger partial charge in [0.1, 0.15) is 0 Å². The van der Waals surface area contributed by atoms with Crippen molar-refractivity contribution in [2.24, 2.45) is 5.92 Å². The van der Waals surface area contributed by atoms with Gasteiger partial charge in [0.25, 0.3) is 0 Å². The number of para-hydroxylation sites is 1. The minimum atomic E-state index is -0.359. The fraction of sp³-hybridized carbons (Fsp3) is 0.533. The molecule has 0 spiro atoms. The van der Waals surface area contributed by atoms with E-state index in [0.29, 0.717) is 23.8 Å². The van der Waals surface area contributed by atoms with E-state index in [0.717, 1.165) is 12.2 Å². The minimum Gasteiger partial charge on any atom is -0.462 e. The van der Waals surface area contributed by atoms with Gasteiger partial charge in [-0.1, -0.05) is 6.07 Å². The molecule has 0 atom stereocenters. The van der Waals surface area contributed by atoms with Crippen LogP contribution >= 0.6 is 11.8 Å². The van der Waals surface area contributed by atoms with Crippen LogP contribution in [0.3, 0.4) is 0 Å². The third-order valence-corrected chi connectivity index (χ3v) is 4.57. The standard InChI is InChI=1S/C15H22N2O2S/c1-2-19-15(18)12-4-3-5-13(14(12)16)17-10-11-6-8-20-9-7-11/h3-5,11,17H,2,6-10,16H2,1H3. The van der Waals surface area contributed by atoms with E-state index in [1.807, 2.05) is 23.9 Å². The van der Waals surface area contributed by atoms with Crippen molar-refractivity contribution in [3.05, 3.63) is 23.8 Å². The molecule has 3 N–H and O–H groups in total. The van der Waals surface area contributed by atoms with Gasteiger partial charge in [-0.2, -0.15) is 11.8 Å². The zero-order valence-corrected chi connectivity index (χ0v) is 12.7. The molecule has 20 heavy (non-hydrogen) atoms. The molecule has 0 aromatic heterocycles. The molecule has 1 saturated heterocycles. The maximum Gasteiger partial charge on any atom is 0.340 e. The van der Waals surface area contributed by atoms with Gasteiger partial charge >= 0.3 is 5.97 Å². The van der Waals surface area contributed by atoms with Crippen LogP contribution in [0, 0.1) is 5.92 Å².